The van der Waals surface area contributed by atoms with E-state index in [-0.39, 0.29) is 12.5 Å². The number of hydrogen-bond acceptors (Lipinski definition) is 3. The lowest BCUT2D eigenvalue weighted by Crippen LogP contribution is -2.21. The van der Waals surface area contributed by atoms with E-state index in [4.69, 9.17) is 9.84 Å². The molecule has 0 aliphatic rings. The third kappa shape index (κ3) is 3.90. The average Bonchev–Trinajstić information content (AvgIpc) is 2.28. The first kappa shape index (κ1) is 12.5. The van der Waals surface area contributed by atoms with Gasteiger partial charge in [-0.3, -0.25) is 4.79 Å². The zero-order valence-corrected chi connectivity index (χ0v) is 9.56. The first-order valence-corrected chi connectivity index (χ1v) is 5.22. The van der Waals surface area contributed by atoms with Crippen molar-refractivity contribution in [3.63, 3.8) is 0 Å². The van der Waals surface area contributed by atoms with Gasteiger partial charge < -0.3 is 15.2 Å². The molecule has 0 saturated heterocycles. The summed E-state index contributed by atoms with van der Waals surface area (Å²) in [5.41, 5.74) is 1.12. The normalized spacial score (nSPS) is 12.1. The minimum absolute atomic E-state index is 0.139. The molecule has 0 unspecified atom stereocenters. The van der Waals surface area contributed by atoms with Gasteiger partial charge in [-0.2, -0.15) is 0 Å². The molecule has 0 bridgehead atoms. The Kier molecular flexibility index (Phi) is 4.79. The smallest absolute Gasteiger partial charge is 0.304 e. The van der Waals surface area contributed by atoms with Crippen molar-refractivity contribution in [3.8, 4) is 5.75 Å². The van der Waals surface area contributed by atoms with Crippen molar-refractivity contribution in [2.45, 2.75) is 19.4 Å². The summed E-state index contributed by atoms with van der Waals surface area (Å²) in [6.07, 6.45) is 0.139. The molecule has 0 saturated carbocycles. The maximum absolute atomic E-state index is 10.3. The molecule has 0 heterocycles. The molecule has 88 valence electrons. The number of benzene rings is 1. The fourth-order valence-corrected chi connectivity index (χ4v) is 1.41. The van der Waals surface area contributed by atoms with Crippen molar-refractivity contribution in [1.29, 1.82) is 0 Å². The van der Waals surface area contributed by atoms with Gasteiger partial charge in [-0.1, -0.05) is 12.1 Å². The van der Waals surface area contributed by atoms with E-state index in [2.05, 4.69) is 5.32 Å². The third-order valence-corrected chi connectivity index (χ3v) is 2.41. The van der Waals surface area contributed by atoms with Gasteiger partial charge in [-0.25, -0.2) is 0 Å². The Morgan fingerprint density at radius 1 is 1.44 bits per heavy atom. The largest absolute Gasteiger partial charge is 0.497 e. The van der Waals surface area contributed by atoms with Gasteiger partial charge in [0.2, 0.25) is 0 Å². The Morgan fingerprint density at radius 2 is 2.06 bits per heavy atom. The lowest BCUT2D eigenvalue weighted by atomic mass is 10.1. The van der Waals surface area contributed by atoms with Crippen LogP contribution in [0.15, 0.2) is 24.3 Å². The fraction of sp³-hybridized carbons (Fsp3) is 0.417. The van der Waals surface area contributed by atoms with Crippen molar-refractivity contribution in [1.82, 2.24) is 5.32 Å². The summed E-state index contributed by atoms with van der Waals surface area (Å²) in [5.74, 6) is 0.0379. The molecule has 1 rings (SSSR count). The zero-order valence-electron chi connectivity index (χ0n) is 9.56. The number of hydrogen-bond donors (Lipinski definition) is 2. The van der Waals surface area contributed by atoms with Crippen LogP contribution < -0.4 is 10.1 Å². The number of carboxylic acid groups (broad SMARTS) is 1. The van der Waals surface area contributed by atoms with E-state index in [9.17, 15) is 4.79 Å². The van der Waals surface area contributed by atoms with Crippen molar-refractivity contribution in [3.05, 3.63) is 29.8 Å². The Balaban J connectivity index is 2.45. The molecule has 0 aliphatic carbocycles. The SMILES string of the molecule is COc1ccc([C@H](C)NCCC(=O)O)cc1. The van der Waals surface area contributed by atoms with Gasteiger partial charge >= 0.3 is 5.97 Å². The van der Waals surface area contributed by atoms with Crippen LogP contribution in [-0.4, -0.2) is 24.7 Å². The topological polar surface area (TPSA) is 58.6 Å². The summed E-state index contributed by atoms with van der Waals surface area (Å²) in [6, 6.07) is 7.87. The standard InChI is InChI=1S/C12H17NO3/c1-9(13-8-7-12(14)15)10-3-5-11(16-2)6-4-10/h3-6,9,13H,7-8H2,1-2H3,(H,14,15)/t9-/m0/s1. The van der Waals surface area contributed by atoms with Crippen molar-refractivity contribution >= 4 is 5.97 Å². The first-order chi connectivity index (χ1) is 7.63. The van der Waals surface area contributed by atoms with Crippen LogP contribution in [0.5, 0.6) is 5.75 Å². The van der Waals surface area contributed by atoms with Gasteiger partial charge in [0.05, 0.1) is 13.5 Å². The lowest BCUT2D eigenvalue weighted by Gasteiger charge is -2.13. The highest BCUT2D eigenvalue weighted by Crippen LogP contribution is 2.16. The molecule has 0 fully saturated rings. The monoisotopic (exact) mass is 223 g/mol. The summed E-state index contributed by atoms with van der Waals surface area (Å²) >= 11 is 0. The van der Waals surface area contributed by atoms with Crippen molar-refractivity contribution in [2.75, 3.05) is 13.7 Å². The maximum atomic E-state index is 10.3. The Hall–Kier alpha value is -1.55. The van der Waals surface area contributed by atoms with Gasteiger partial charge in [-0.05, 0) is 24.6 Å². The summed E-state index contributed by atoms with van der Waals surface area (Å²) in [5, 5.41) is 11.7. The number of carboxylic acids is 1. The Bertz CT molecular complexity index is 335. The molecule has 4 heteroatoms. The second-order valence-corrected chi connectivity index (χ2v) is 3.59. The highest BCUT2D eigenvalue weighted by Gasteiger charge is 2.05. The van der Waals surface area contributed by atoms with Gasteiger partial charge in [0.1, 0.15) is 5.75 Å². The second-order valence-electron chi connectivity index (χ2n) is 3.59. The molecule has 0 aliphatic heterocycles. The third-order valence-electron chi connectivity index (χ3n) is 2.41. The van der Waals surface area contributed by atoms with E-state index >= 15 is 0 Å². The summed E-state index contributed by atoms with van der Waals surface area (Å²) in [6.45, 7) is 2.48. The molecule has 0 amide bonds. The minimum atomic E-state index is -0.783. The van der Waals surface area contributed by atoms with Gasteiger partial charge in [-0.15, -0.1) is 0 Å². The lowest BCUT2D eigenvalue weighted by molar-refractivity contribution is -0.136. The minimum Gasteiger partial charge on any atom is -0.497 e. The van der Waals surface area contributed by atoms with Crippen molar-refractivity contribution < 1.29 is 14.6 Å². The molecule has 0 aromatic heterocycles. The van der Waals surface area contributed by atoms with Gasteiger partial charge in [0.15, 0.2) is 0 Å². The van der Waals surface area contributed by atoms with E-state index in [1.165, 1.54) is 0 Å². The molecule has 1 atom stereocenters. The predicted octanol–water partition coefficient (Wildman–Crippen LogP) is 1.82. The van der Waals surface area contributed by atoms with Gasteiger partial charge in [0, 0.05) is 12.6 Å². The fourth-order valence-electron chi connectivity index (χ4n) is 1.41. The van der Waals surface area contributed by atoms with E-state index in [0.717, 1.165) is 11.3 Å². The molecular weight excluding hydrogens is 206 g/mol. The van der Waals surface area contributed by atoms with Crippen LogP contribution in [0.3, 0.4) is 0 Å². The Morgan fingerprint density at radius 3 is 2.56 bits per heavy atom. The first-order valence-electron chi connectivity index (χ1n) is 5.22. The van der Waals surface area contributed by atoms with Gasteiger partial charge in [0.25, 0.3) is 0 Å². The van der Waals surface area contributed by atoms with Crippen LogP contribution in [0.25, 0.3) is 0 Å². The van der Waals surface area contributed by atoms with Crippen LogP contribution in [0.2, 0.25) is 0 Å². The van der Waals surface area contributed by atoms with Crippen LogP contribution in [0, 0.1) is 0 Å². The zero-order chi connectivity index (χ0) is 12.0. The highest BCUT2D eigenvalue weighted by molar-refractivity contribution is 5.66. The van der Waals surface area contributed by atoms with Crippen LogP contribution >= 0.6 is 0 Å². The Labute approximate surface area is 95.2 Å². The molecule has 0 spiro atoms. The number of carbonyl (C=O) groups is 1. The molecule has 4 nitrogen and oxygen atoms in total. The van der Waals surface area contributed by atoms with E-state index < -0.39 is 5.97 Å². The quantitative estimate of drug-likeness (QED) is 0.772. The number of aliphatic carboxylic acids is 1. The molecule has 16 heavy (non-hydrogen) atoms. The maximum Gasteiger partial charge on any atom is 0.304 e. The molecule has 1 aromatic carbocycles. The molecule has 2 N–H and O–H groups in total. The number of ether oxygens (including phenoxy) is 1. The number of rotatable bonds is 6. The number of methoxy groups -OCH3 is 1. The second kappa shape index (κ2) is 6.12. The average molecular weight is 223 g/mol. The molecule has 1 aromatic rings. The van der Waals surface area contributed by atoms with E-state index in [1.54, 1.807) is 7.11 Å². The summed E-state index contributed by atoms with van der Waals surface area (Å²) in [4.78, 5) is 10.3. The highest BCUT2D eigenvalue weighted by atomic mass is 16.5. The molecule has 0 radical (unpaired) electrons. The summed E-state index contributed by atoms with van der Waals surface area (Å²) in [7, 11) is 1.63. The van der Waals surface area contributed by atoms with E-state index in [0.29, 0.717) is 6.54 Å². The van der Waals surface area contributed by atoms with Crippen LogP contribution in [0.1, 0.15) is 24.9 Å². The van der Waals surface area contributed by atoms with E-state index in [1.807, 2.05) is 31.2 Å². The number of nitrogens with one attached hydrogen (secondary N) is 1. The van der Waals surface area contributed by atoms with Crippen molar-refractivity contribution in [2.24, 2.45) is 0 Å². The molecular formula is C12H17NO3. The van der Waals surface area contributed by atoms with Crippen LogP contribution in [0.4, 0.5) is 0 Å². The predicted molar refractivity (Wildman–Crippen MR) is 61.7 cm³/mol. The summed E-state index contributed by atoms with van der Waals surface area (Å²) < 4.78 is 5.06. The van der Waals surface area contributed by atoms with Crippen LogP contribution in [-0.2, 0) is 4.79 Å².